The molecule has 2 aromatic carbocycles. The monoisotopic (exact) mass is 424 g/mol. The van der Waals surface area contributed by atoms with Crippen LogP contribution in [0.15, 0.2) is 36.4 Å². The van der Waals surface area contributed by atoms with E-state index in [0.29, 0.717) is 11.4 Å². The van der Waals surface area contributed by atoms with E-state index >= 15 is 0 Å². The second-order valence-electron chi connectivity index (χ2n) is 9.47. The first-order valence-corrected chi connectivity index (χ1v) is 10.1. The molecule has 0 saturated heterocycles. The second-order valence-corrected chi connectivity index (χ2v) is 9.47. The molecule has 0 atom stereocenters. The Labute approximate surface area is 182 Å². The predicted octanol–water partition coefficient (Wildman–Crippen LogP) is 5.69. The maximum atomic E-state index is 12.1. The first-order chi connectivity index (χ1) is 14.4. The van der Waals surface area contributed by atoms with Crippen LogP contribution in [0.3, 0.4) is 0 Å². The summed E-state index contributed by atoms with van der Waals surface area (Å²) < 4.78 is 10.6. The Kier molecular flexibility index (Phi) is 5.81. The van der Waals surface area contributed by atoms with Crippen molar-refractivity contribution >= 4 is 29.8 Å². The van der Waals surface area contributed by atoms with Crippen molar-refractivity contribution in [1.82, 2.24) is 0 Å². The highest BCUT2D eigenvalue weighted by Gasteiger charge is 2.29. The number of rotatable bonds is 3. The minimum Gasteiger partial charge on any atom is -0.444 e. The van der Waals surface area contributed by atoms with Crippen molar-refractivity contribution < 1.29 is 23.9 Å². The summed E-state index contributed by atoms with van der Waals surface area (Å²) in [5.74, 6) is -0.509. The maximum absolute atomic E-state index is 12.1. The van der Waals surface area contributed by atoms with Gasteiger partial charge in [0.2, 0.25) is 0 Å². The smallest absolute Gasteiger partial charge is 0.412 e. The zero-order valence-electron chi connectivity index (χ0n) is 18.7. The van der Waals surface area contributed by atoms with E-state index in [4.69, 9.17) is 9.47 Å². The van der Waals surface area contributed by atoms with Crippen LogP contribution in [0.25, 0.3) is 11.1 Å². The van der Waals surface area contributed by atoms with Crippen LogP contribution in [0, 0.1) is 0 Å². The molecule has 0 bridgehead atoms. The van der Waals surface area contributed by atoms with Crippen LogP contribution in [0.5, 0.6) is 0 Å². The van der Waals surface area contributed by atoms with E-state index in [0.717, 1.165) is 28.5 Å². The van der Waals surface area contributed by atoms with Gasteiger partial charge in [0.1, 0.15) is 17.5 Å². The van der Waals surface area contributed by atoms with E-state index in [2.05, 4.69) is 10.6 Å². The average Bonchev–Trinajstić information content (AvgIpc) is 2.90. The first kappa shape index (κ1) is 22.3. The minimum atomic E-state index is -0.611. The Balaban J connectivity index is 1.84. The topological polar surface area (TPSA) is 93.7 Å². The summed E-state index contributed by atoms with van der Waals surface area (Å²) >= 11 is 0. The third-order valence-corrected chi connectivity index (χ3v) is 4.49. The molecule has 2 N–H and O–H groups in total. The van der Waals surface area contributed by atoms with Crippen molar-refractivity contribution in [3.05, 3.63) is 47.5 Å². The summed E-state index contributed by atoms with van der Waals surface area (Å²) in [6.07, 6.45) is -0.261. The van der Waals surface area contributed by atoms with Crippen molar-refractivity contribution in [1.29, 1.82) is 0 Å². The van der Waals surface area contributed by atoms with Crippen LogP contribution >= 0.6 is 0 Å². The van der Waals surface area contributed by atoms with Crippen molar-refractivity contribution in [2.45, 2.75) is 58.7 Å². The van der Waals surface area contributed by atoms with E-state index in [1.54, 1.807) is 65.8 Å². The van der Waals surface area contributed by atoms with Gasteiger partial charge >= 0.3 is 12.2 Å². The normalized spacial score (nSPS) is 13.1. The fourth-order valence-electron chi connectivity index (χ4n) is 3.44. The van der Waals surface area contributed by atoms with Crippen LogP contribution in [0.1, 0.15) is 58.6 Å². The van der Waals surface area contributed by atoms with Gasteiger partial charge in [0.15, 0.2) is 0 Å². The summed E-state index contributed by atoms with van der Waals surface area (Å²) in [7, 11) is 0. The van der Waals surface area contributed by atoms with Crippen LogP contribution in [-0.2, 0) is 14.3 Å². The summed E-state index contributed by atoms with van der Waals surface area (Å²) in [6, 6.07) is 10.8. The highest BCUT2D eigenvalue weighted by atomic mass is 16.6. The fraction of sp³-hybridized carbons (Fsp3) is 0.375. The molecule has 0 aliphatic heterocycles. The second kappa shape index (κ2) is 8.06. The molecule has 0 unspecified atom stereocenters. The number of benzene rings is 2. The lowest BCUT2D eigenvalue weighted by molar-refractivity contribution is -0.108. The Hall–Kier alpha value is -3.35. The quantitative estimate of drug-likeness (QED) is 0.617. The van der Waals surface area contributed by atoms with Gasteiger partial charge in [-0.2, -0.15) is 0 Å². The van der Waals surface area contributed by atoms with Crippen LogP contribution < -0.4 is 10.6 Å². The van der Waals surface area contributed by atoms with E-state index in [1.165, 1.54) is 0 Å². The Morgan fingerprint density at radius 1 is 0.774 bits per heavy atom. The molecule has 1 aliphatic carbocycles. The van der Waals surface area contributed by atoms with Gasteiger partial charge < -0.3 is 14.3 Å². The van der Waals surface area contributed by atoms with Crippen molar-refractivity contribution in [3.63, 3.8) is 0 Å². The molecule has 1 aliphatic rings. The molecule has 7 nitrogen and oxygen atoms in total. The molecular formula is C24H28N2O5. The molecule has 2 aromatic rings. The van der Waals surface area contributed by atoms with E-state index in [1.807, 2.05) is 12.1 Å². The molecule has 7 heteroatoms. The Bertz CT molecular complexity index is 952. The molecule has 0 spiro atoms. The van der Waals surface area contributed by atoms with Gasteiger partial charge in [0, 0.05) is 11.4 Å². The summed E-state index contributed by atoms with van der Waals surface area (Å²) in [6.45, 7) is 10.7. The van der Waals surface area contributed by atoms with Gasteiger partial charge in [-0.25, -0.2) is 9.59 Å². The number of anilines is 2. The highest BCUT2D eigenvalue weighted by molar-refractivity contribution is 5.93. The molecule has 0 aromatic heterocycles. The Morgan fingerprint density at radius 2 is 1.16 bits per heavy atom. The third-order valence-electron chi connectivity index (χ3n) is 4.49. The van der Waals surface area contributed by atoms with Crippen molar-refractivity contribution in [2.24, 2.45) is 0 Å². The molecule has 0 radical (unpaired) electrons. The number of ether oxygens (including phenoxy) is 2. The molecule has 0 fully saturated rings. The molecule has 3 rings (SSSR count). The van der Waals surface area contributed by atoms with E-state index < -0.39 is 29.3 Å². The summed E-state index contributed by atoms with van der Waals surface area (Å²) in [4.78, 5) is 36.1. The lowest BCUT2D eigenvalue weighted by atomic mass is 9.98. The number of fused-ring (bicyclic) bond motifs is 3. The fourth-order valence-corrected chi connectivity index (χ4v) is 3.44. The zero-order chi connectivity index (χ0) is 23.0. The number of hydrogen-bond acceptors (Lipinski definition) is 5. The van der Waals surface area contributed by atoms with Crippen molar-refractivity contribution in [2.75, 3.05) is 10.6 Å². The van der Waals surface area contributed by atoms with E-state index in [-0.39, 0.29) is 0 Å². The molecule has 2 amide bonds. The lowest BCUT2D eigenvalue weighted by Gasteiger charge is -2.20. The van der Waals surface area contributed by atoms with Gasteiger partial charge in [-0.3, -0.25) is 10.6 Å². The van der Waals surface area contributed by atoms with Gasteiger partial charge in [0.25, 0.3) is 0 Å². The van der Waals surface area contributed by atoms with Gasteiger partial charge in [-0.05, 0) is 88.1 Å². The van der Waals surface area contributed by atoms with Gasteiger partial charge in [0.05, 0.1) is 5.92 Å². The van der Waals surface area contributed by atoms with Crippen LogP contribution in [0.2, 0.25) is 0 Å². The summed E-state index contributed by atoms with van der Waals surface area (Å²) in [5.41, 5.74) is 3.25. The van der Waals surface area contributed by atoms with Gasteiger partial charge in [-0.1, -0.05) is 12.1 Å². The molecule has 31 heavy (non-hydrogen) atoms. The largest absolute Gasteiger partial charge is 0.444 e. The standard InChI is InChI=1S/C24H28N2O5/c1-23(2,3)30-21(28)25-14-7-9-16-17-10-8-15(26-22(29)31-24(4,5)6)12-19(17)20(13-27)18(16)11-14/h7-13,20H,1-6H3,(H,25,28)(H,26,29). The van der Waals surface area contributed by atoms with Crippen molar-refractivity contribution in [3.8, 4) is 11.1 Å². The number of hydrogen-bond donors (Lipinski definition) is 2. The number of amides is 2. The lowest BCUT2D eigenvalue weighted by Crippen LogP contribution is -2.27. The van der Waals surface area contributed by atoms with E-state index in [9.17, 15) is 14.4 Å². The molecule has 164 valence electrons. The number of nitrogens with one attached hydrogen (secondary N) is 2. The maximum Gasteiger partial charge on any atom is 0.412 e. The zero-order valence-corrected chi connectivity index (χ0v) is 18.7. The highest BCUT2D eigenvalue weighted by Crippen LogP contribution is 2.45. The predicted molar refractivity (Wildman–Crippen MR) is 119 cm³/mol. The SMILES string of the molecule is CC(C)(C)OC(=O)Nc1ccc2c(c1)C(C=O)c1cc(NC(=O)OC(C)(C)C)ccc1-2. The third kappa shape index (κ3) is 5.42. The number of carbonyl (C=O) groups excluding carboxylic acids is 3. The average molecular weight is 424 g/mol. The Morgan fingerprint density at radius 3 is 1.48 bits per heavy atom. The number of carbonyl (C=O) groups is 3. The number of aldehydes is 1. The van der Waals surface area contributed by atoms with Gasteiger partial charge in [-0.15, -0.1) is 0 Å². The van der Waals surface area contributed by atoms with Crippen LogP contribution in [0.4, 0.5) is 21.0 Å². The minimum absolute atomic E-state index is 0.509. The molecular weight excluding hydrogens is 396 g/mol. The summed E-state index contributed by atoms with van der Waals surface area (Å²) in [5, 5.41) is 5.42. The molecule has 0 heterocycles. The molecule has 0 saturated carbocycles. The van der Waals surface area contributed by atoms with Crippen LogP contribution in [-0.4, -0.2) is 29.7 Å². The first-order valence-electron chi connectivity index (χ1n) is 10.1.